The van der Waals surface area contributed by atoms with Gasteiger partial charge in [-0.3, -0.25) is 14.4 Å². The SMILES string of the molecule is COc1cc(/C=C(\NC(=O)c2ccccc2)C(=O)Nc2ccc(SCC(=O)Nc3nc(-c4ccccc4)cs3)cc2)cc(OC)c1OC. The number of thiazole rings is 1. The van der Waals surface area contributed by atoms with E-state index in [1.54, 1.807) is 66.7 Å². The quantitative estimate of drug-likeness (QED) is 0.0899. The summed E-state index contributed by atoms with van der Waals surface area (Å²) in [5.74, 6) is 0.174. The largest absolute Gasteiger partial charge is 0.493 e. The number of benzene rings is 4. The van der Waals surface area contributed by atoms with Gasteiger partial charge in [-0.2, -0.15) is 0 Å². The van der Waals surface area contributed by atoms with Crippen molar-refractivity contribution in [2.24, 2.45) is 0 Å². The van der Waals surface area contributed by atoms with E-state index in [1.165, 1.54) is 50.5 Å². The summed E-state index contributed by atoms with van der Waals surface area (Å²) in [5, 5.41) is 10.8. The van der Waals surface area contributed by atoms with Crippen LogP contribution in [0.15, 0.2) is 113 Å². The number of thioether (sulfide) groups is 1. The molecule has 244 valence electrons. The Bertz CT molecular complexity index is 1890. The normalized spacial score (nSPS) is 10.9. The van der Waals surface area contributed by atoms with Crippen molar-refractivity contribution in [1.29, 1.82) is 0 Å². The molecule has 4 aromatic carbocycles. The number of hydrogen-bond donors (Lipinski definition) is 3. The molecule has 0 saturated carbocycles. The molecule has 48 heavy (non-hydrogen) atoms. The van der Waals surface area contributed by atoms with Gasteiger partial charge >= 0.3 is 0 Å². The van der Waals surface area contributed by atoms with Crippen LogP contribution in [-0.2, 0) is 9.59 Å². The van der Waals surface area contributed by atoms with E-state index in [-0.39, 0.29) is 17.4 Å². The van der Waals surface area contributed by atoms with Crippen LogP contribution in [0.1, 0.15) is 15.9 Å². The molecule has 3 N–H and O–H groups in total. The second-order valence-corrected chi connectivity index (χ2v) is 12.0. The molecule has 12 heteroatoms. The molecule has 5 rings (SSSR count). The Morgan fingerprint density at radius 2 is 1.46 bits per heavy atom. The van der Waals surface area contributed by atoms with Crippen LogP contribution in [0.2, 0.25) is 0 Å². The van der Waals surface area contributed by atoms with Gasteiger partial charge in [0.25, 0.3) is 11.8 Å². The Balaban J connectivity index is 1.25. The average Bonchev–Trinajstić information content (AvgIpc) is 3.59. The predicted molar refractivity (Wildman–Crippen MR) is 190 cm³/mol. The first-order chi connectivity index (χ1) is 23.4. The Morgan fingerprint density at radius 1 is 0.812 bits per heavy atom. The van der Waals surface area contributed by atoms with Crippen molar-refractivity contribution >= 4 is 57.7 Å². The summed E-state index contributed by atoms with van der Waals surface area (Å²) >= 11 is 2.72. The van der Waals surface area contributed by atoms with Gasteiger partial charge in [0.1, 0.15) is 5.70 Å². The lowest BCUT2D eigenvalue weighted by atomic mass is 10.1. The smallest absolute Gasteiger partial charge is 0.272 e. The first-order valence-corrected chi connectivity index (χ1v) is 16.5. The van der Waals surface area contributed by atoms with Gasteiger partial charge in [-0.1, -0.05) is 48.5 Å². The number of ether oxygens (including phenoxy) is 3. The molecule has 1 heterocycles. The summed E-state index contributed by atoms with van der Waals surface area (Å²) < 4.78 is 16.3. The highest BCUT2D eigenvalue weighted by Gasteiger charge is 2.18. The fourth-order valence-electron chi connectivity index (χ4n) is 4.50. The van der Waals surface area contributed by atoms with Crippen LogP contribution in [0.3, 0.4) is 0 Å². The third-order valence-corrected chi connectivity index (χ3v) is 8.60. The molecular formula is C36H32N4O6S2. The summed E-state index contributed by atoms with van der Waals surface area (Å²) in [5.41, 5.74) is 3.20. The number of carbonyl (C=O) groups is 3. The number of anilines is 2. The maximum absolute atomic E-state index is 13.5. The van der Waals surface area contributed by atoms with E-state index in [0.717, 1.165) is 16.2 Å². The minimum atomic E-state index is -0.550. The number of amides is 3. The standard InChI is InChI=1S/C36H32N4O6S2/c1-44-30-19-23(20-31(45-2)33(30)46-3)18-28(38-34(42)25-12-8-5-9-13-25)35(43)37-26-14-16-27(17-15-26)47-22-32(41)40-36-39-29(21-48-36)24-10-6-4-7-11-24/h4-21H,22H2,1-3H3,(H,37,43)(H,38,42)(H,39,40,41)/b28-18-. The molecule has 0 aliphatic heterocycles. The summed E-state index contributed by atoms with van der Waals surface area (Å²) in [7, 11) is 4.48. The molecule has 0 spiro atoms. The highest BCUT2D eigenvalue weighted by atomic mass is 32.2. The van der Waals surface area contributed by atoms with Crippen molar-refractivity contribution in [3.05, 3.63) is 119 Å². The highest BCUT2D eigenvalue weighted by Crippen LogP contribution is 2.38. The topological polar surface area (TPSA) is 128 Å². The lowest BCUT2D eigenvalue weighted by molar-refractivity contribution is -0.114. The second-order valence-electron chi connectivity index (χ2n) is 10.1. The number of carbonyl (C=O) groups excluding carboxylic acids is 3. The van der Waals surface area contributed by atoms with Crippen molar-refractivity contribution in [2.45, 2.75) is 4.90 Å². The van der Waals surface area contributed by atoms with E-state index in [2.05, 4.69) is 20.9 Å². The molecule has 1 aromatic heterocycles. The van der Waals surface area contributed by atoms with E-state index in [4.69, 9.17) is 14.2 Å². The van der Waals surface area contributed by atoms with Gasteiger partial charge in [0.15, 0.2) is 16.6 Å². The van der Waals surface area contributed by atoms with Crippen LogP contribution in [0, 0.1) is 0 Å². The maximum Gasteiger partial charge on any atom is 0.272 e. The van der Waals surface area contributed by atoms with Gasteiger partial charge in [0, 0.05) is 27.1 Å². The first-order valence-electron chi connectivity index (χ1n) is 14.6. The molecule has 0 aliphatic carbocycles. The maximum atomic E-state index is 13.5. The summed E-state index contributed by atoms with van der Waals surface area (Å²) in [6.45, 7) is 0. The number of methoxy groups -OCH3 is 3. The monoisotopic (exact) mass is 680 g/mol. The molecule has 0 atom stereocenters. The van der Waals surface area contributed by atoms with Crippen LogP contribution in [0.4, 0.5) is 10.8 Å². The molecule has 0 saturated heterocycles. The Morgan fingerprint density at radius 3 is 2.08 bits per heavy atom. The molecule has 0 fully saturated rings. The van der Waals surface area contributed by atoms with Gasteiger partial charge in [-0.15, -0.1) is 23.1 Å². The third-order valence-electron chi connectivity index (χ3n) is 6.83. The van der Waals surface area contributed by atoms with Gasteiger partial charge in [-0.25, -0.2) is 4.98 Å². The van der Waals surface area contributed by atoms with Crippen molar-refractivity contribution in [1.82, 2.24) is 10.3 Å². The van der Waals surface area contributed by atoms with Crippen molar-refractivity contribution < 1.29 is 28.6 Å². The number of hydrogen-bond acceptors (Lipinski definition) is 9. The minimum Gasteiger partial charge on any atom is -0.493 e. The van der Waals surface area contributed by atoms with Crippen LogP contribution < -0.4 is 30.2 Å². The van der Waals surface area contributed by atoms with Gasteiger partial charge in [0.2, 0.25) is 11.7 Å². The molecule has 10 nitrogen and oxygen atoms in total. The van der Waals surface area contributed by atoms with Crippen molar-refractivity contribution in [3.8, 4) is 28.5 Å². The van der Waals surface area contributed by atoms with Gasteiger partial charge in [-0.05, 0) is 60.2 Å². The number of nitrogens with one attached hydrogen (secondary N) is 3. The zero-order valence-corrected chi connectivity index (χ0v) is 27.9. The fourth-order valence-corrected chi connectivity index (χ4v) is 5.94. The van der Waals surface area contributed by atoms with Crippen LogP contribution >= 0.6 is 23.1 Å². The molecule has 0 bridgehead atoms. The summed E-state index contributed by atoms with van der Waals surface area (Å²) in [4.78, 5) is 44.5. The molecule has 5 aromatic rings. The number of nitrogens with zero attached hydrogens (tertiary/aromatic N) is 1. The van der Waals surface area contributed by atoms with Crippen LogP contribution in [0.5, 0.6) is 17.2 Å². The lowest BCUT2D eigenvalue weighted by Crippen LogP contribution is -2.30. The average molecular weight is 681 g/mol. The van der Waals surface area contributed by atoms with E-state index < -0.39 is 11.8 Å². The second kappa shape index (κ2) is 16.3. The fraction of sp³-hybridized carbons (Fsp3) is 0.111. The summed E-state index contributed by atoms with van der Waals surface area (Å²) in [6.07, 6.45) is 1.52. The van der Waals surface area contributed by atoms with Crippen molar-refractivity contribution in [3.63, 3.8) is 0 Å². The van der Waals surface area contributed by atoms with Gasteiger partial charge < -0.3 is 30.2 Å². The van der Waals surface area contributed by atoms with Crippen LogP contribution in [-0.4, -0.2) is 49.8 Å². The molecule has 0 aliphatic rings. The number of aromatic nitrogens is 1. The Kier molecular flexibility index (Phi) is 11.5. The highest BCUT2D eigenvalue weighted by molar-refractivity contribution is 8.00. The van der Waals surface area contributed by atoms with Gasteiger partial charge in [0.05, 0.1) is 32.8 Å². The zero-order valence-electron chi connectivity index (χ0n) is 26.3. The molecule has 3 amide bonds. The Hall–Kier alpha value is -5.59. The zero-order chi connectivity index (χ0) is 33.9. The predicted octanol–water partition coefficient (Wildman–Crippen LogP) is 6.98. The molecule has 0 unspecified atom stereocenters. The summed E-state index contributed by atoms with van der Waals surface area (Å²) in [6, 6.07) is 28.7. The Labute approximate surface area is 286 Å². The lowest BCUT2D eigenvalue weighted by Gasteiger charge is -2.15. The van der Waals surface area contributed by atoms with E-state index in [9.17, 15) is 14.4 Å². The van der Waals surface area contributed by atoms with Crippen molar-refractivity contribution in [2.75, 3.05) is 37.7 Å². The van der Waals surface area contributed by atoms with E-state index in [0.29, 0.717) is 39.2 Å². The van der Waals surface area contributed by atoms with Crippen LogP contribution in [0.25, 0.3) is 17.3 Å². The first kappa shape index (κ1) is 33.8. The van der Waals surface area contributed by atoms with E-state index >= 15 is 0 Å². The number of rotatable bonds is 13. The third kappa shape index (κ3) is 8.81. The minimum absolute atomic E-state index is 0.00847. The van der Waals surface area contributed by atoms with E-state index in [1.807, 2.05) is 35.7 Å². The molecule has 0 radical (unpaired) electrons. The molecular weight excluding hydrogens is 649 g/mol.